The third kappa shape index (κ3) is 4.83. The lowest BCUT2D eigenvalue weighted by Crippen LogP contribution is -2.16. The zero-order valence-corrected chi connectivity index (χ0v) is 15.9. The highest BCUT2D eigenvalue weighted by molar-refractivity contribution is 6.30. The Morgan fingerprint density at radius 2 is 1.75 bits per heavy atom. The van der Waals surface area contributed by atoms with Crippen LogP contribution in [-0.2, 0) is 4.74 Å². The minimum absolute atomic E-state index is 0.187. The minimum atomic E-state index is -0.483. The second-order valence-corrected chi connectivity index (χ2v) is 6.28. The molecule has 0 spiro atoms. The van der Waals surface area contributed by atoms with Crippen molar-refractivity contribution < 1.29 is 14.3 Å². The van der Waals surface area contributed by atoms with Gasteiger partial charge in [-0.05, 0) is 49.4 Å². The van der Waals surface area contributed by atoms with E-state index >= 15 is 0 Å². The summed E-state index contributed by atoms with van der Waals surface area (Å²) in [6.07, 6.45) is 0. The van der Waals surface area contributed by atoms with E-state index in [9.17, 15) is 9.59 Å². The zero-order chi connectivity index (χ0) is 20.1. The summed E-state index contributed by atoms with van der Waals surface area (Å²) in [6, 6.07) is 15.1. The van der Waals surface area contributed by atoms with E-state index in [0.29, 0.717) is 27.9 Å². The van der Waals surface area contributed by atoms with E-state index in [0.717, 1.165) is 5.69 Å². The first-order chi connectivity index (χ1) is 13.4. The van der Waals surface area contributed by atoms with Crippen LogP contribution in [0, 0.1) is 6.92 Å². The molecular weight excluding hydrogens is 380 g/mol. The van der Waals surface area contributed by atoms with Crippen LogP contribution in [0.2, 0.25) is 5.02 Å². The number of aryl methyl sites for hydroxylation is 1. The van der Waals surface area contributed by atoms with Gasteiger partial charge in [0.25, 0.3) is 5.91 Å². The monoisotopic (exact) mass is 396 g/mol. The van der Waals surface area contributed by atoms with Crippen molar-refractivity contribution in [3.63, 3.8) is 0 Å². The Labute approximate surface area is 166 Å². The van der Waals surface area contributed by atoms with Crippen LogP contribution in [0.1, 0.15) is 26.7 Å². The van der Waals surface area contributed by atoms with Crippen molar-refractivity contribution in [3.8, 4) is 0 Å². The Morgan fingerprint density at radius 1 is 1.00 bits per heavy atom. The molecule has 1 aromatic heterocycles. The number of carbonyl (C=O) groups excluding carboxylic acids is 2. The first kappa shape index (κ1) is 19.3. The van der Waals surface area contributed by atoms with E-state index in [-0.39, 0.29) is 5.69 Å². The molecule has 0 fully saturated rings. The molecule has 0 saturated carbocycles. The first-order valence-electron chi connectivity index (χ1n) is 8.32. The van der Waals surface area contributed by atoms with Crippen molar-refractivity contribution in [2.24, 2.45) is 0 Å². The molecule has 0 aliphatic carbocycles. The van der Waals surface area contributed by atoms with Crippen molar-refractivity contribution in [1.82, 2.24) is 9.97 Å². The Bertz CT molecular complexity index is 1020. The summed E-state index contributed by atoms with van der Waals surface area (Å²) in [5, 5.41) is 6.46. The van der Waals surface area contributed by atoms with Crippen molar-refractivity contribution >= 4 is 40.7 Å². The molecule has 1 heterocycles. The normalized spacial score (nSPS) is 10.2. The maximum Gasteiger partial charge on any atom is 0.337 e. The Hall–Kier alpha value is -3.45. The van der Waals surface area contributed by atoms with Crippen molar-refractivity contribution in [1.29, 1.82) is 0 Å². The molecule has 3 rings (SSSR count). The lowest BCUT2D eigenvalue weighted by atomic mass is 10.2. The van der Waals surface area contributed by atoms with Crippen LogP contribution in [0.5, 0.6) is 0 Å². The van der Waals surface area contributed by atoms with Crippen molar-refractivity contribution in [3.05, 3.63) is 76.7 Å². The minimum Gasteiger partial charge on any atom is -0.465 e. The van der Waals surface area contributed by atoms with Gasteiger partial charge in [-0.1, -0.05) is 17.7 Å². The molecule has 1 amide bonds. The number of carbonyl (C=O) groups is 2. The van der Waals surface area contributed by atoms with E-state index in [1.807, 2.05) is 0 Å². The van der Waals surface area contributed by atoms with Crippen molar-refractivity contribution in [2.45, 2.75) is 6.92 Å². The molecule has 3 aromatic rings. The van der Waals surface area contributed by atoms with E-state index in [2.05, 4.69) is 25.3 Å². The molecule has 0 unspecified atom stereocenters. The predicted molar refractivity (Wildman–Crippen MR) is 107 cm³/mol. The number of anilines is 3. The van der Waals surface area contributed by atoms with E-state index in [1.165, 1.54) is 13.2 Å². The molecule has 0 bridgehead atoms. The van der Waals surface area contributed by atoms with Crippen LogP contribution in [0.4, 0.5) is 17.2 Å². The van der Waals surface area contributed by atoms with Crippen LogP contribution in [0.15, 0.2) is 54.6 Å². The molecule has 142 valence electrons. The molecule has 0 atom stereocenters. The molecule has 7 nitrogen and oxygen atoms in total. The summed E-state index contributed by atoms with van der Waals surface area (Å²) in [4.78, 5) is 32.7. The number of nitrogens with zero attached hydrogens (tertiary/aromatic N) is 2. The van der Waals surface area contributed by atoms with Gasteiger partial charge in [-0.15, -0.1) is 0 Å². The first-order valence-corrected chi connectivity index (χ1v) is 8.70. The molecule has 8 heteroatoms. The van der Waals surface area contributed by atoms with E-state index in [4.69, 9.17) is 11.6 Å². The van der Waals surface area contributed by atoms with Crippen LogP contribution in [0.25, 0.3) is 0 Å². The average molecular weight is 397 g/mol. The molecule has 0 aliphatic rings. The maximum atomic E-state index is 12.6. The summed E-state index contributed by atoms with van der Waals surface area (Å²) >= 11 is 5.89. The number of esters is 1. The largest absolute Gasteiger partial charge is 0.465 e. The lowest BCUT2D eigenvalue weighted by molar-refractivity contribution is 0.0600. The average Bonchev–Trinajstić information content (AvgIpc) is 2.69. The zero-order valence-electron chi connectivity index (χ0n) is 15.2. The van der Waals surface area contributed by atoms with E-state index < -0.39 is 11.9 Å². The molecule has 0 aliphatic heterocycles. The molecule has 0 radical (unpaired) electrons. The quantitative estimate of drug-likeness (QED) is 0.627. The number of hydrogen-bond donors (Lipinski definition) is 2. The molecular formula is C20H17ClN4O3. The third-order valence-electron chi connectivity index (χ3n) is 3.73. The summed E-state index contributed by atoms with van der Waals surface area (Å²) in [6.45, 7) is 1.70. The molecule has 2 N–H and O–H groups in total. The SMILES string of the molecule is COC(=O)c1cccc(NC(=O)c2cc(Nc3ccc(Cl)cc3)nc(C)n2)c1. The van der Waals surface area contributed by atoms with Crippen LogP contribution in [-0.4, -0.2) is 29.0 Å². The predicted octanol–water partition coefficient (Wildman–Crippen LogP) is 4.22. The standard InChI is InChI=1S/C20H17ClN4O3/c1-12-22-17(11-18(23-12)24-15-8-6-14(21)7-9-15)19(26)25-16-5-3-4-13(10-16)20(27)28-2/h3-11H,1-2H3,(H,25,26)(H,22,23,24). The highest BCUT2D eigenvalue weighted by Crippen LogP contribution is 2.19. The number of benzene rings is 2. The number of halogens is 1. The Kier molecular flexibility index (Phi) is 5.86. The van der Waals surface area contributed by atoms with Gasteiger partial charge in [0.2, 0.25) is 0 Å². The Balaban J connectivity index is 1.79. The topological polar surface area (TPSA) is 93.2 Å². The molecule has 0 saturated heterocycles. The fraction of sp³-hybridized carbons (Fsp3) is 0.100. The lowest BCUT2D eigenvalue weighted by Gasteiger charge is -2.10. The summed E-state index contributed by atoms with van der Waals surface area (Å²) in [7, 11) is 1.30. The van der Waals surface area contributed by atoms with Gasteiger partial charge in [-0.2, -0.15) is 0 Å². The van der Waals surface area contributed by atoms with Crippen LogP contribution >= 0.6 is 11.6 Å². The van der Waals surface area contributed by atoms with Gasteiger partial charge in [-0.25, -0.2) is 14.8 Å². The number of rotatable bonds is 5. The fourth-order valence-electron chi connectivity index (χ4n) is 2.47. The number of ether oxygens (including phenoxy) is 1. The highest BCUT2D eigenvalue weighted by Gasteiger charge is 2.13. The van der Waals surface area contributed by atoms with Gasteiger partial charge >= 0.3 is 5.97 Å². The van der Waals surface area contributed by atoms with Gasteiger partial charge in [0.15, 0.2) is 0 Å². The summed E-state index contributed by atoms with van der Waals surface area (Å²) < 4.78 is 4.69. The smallest absolute Gasteiger partial charge is 0.337 e. The second-order valence-electron chi connectivity index (χ2n) is 5.84. The van der Waals surface area contributed by atoms with Gasteiger partial charge in [0.05, 0.1) is 12.7 Å². The number of aromatic nitrogens is 2. The highest BCUT2D eigenvalue weighted by atomic mass is 35.5. The number of nitrogens with one attached hydrogen (secondary N) is 2. The number of methoxy groups -OCH3 is 1. The van der Waals surface area contributed by atoms with Crippen LogP contribution in [0.3, 0.4) is 0 Å². The van der Waals surface area contributed by atoms with Gasteiger partial charge < -0.3 is 15.4 Å². The van der Waals surface area contributed by atoms with Gasteiger partial charge in [-0.3, -0.25) is 4.79 Å². The van der Waals surface area contributed by atoms with Crippen LogP contribution < -0.4 is 10.6 Å². The molecule has 28 heavy (non-hydrogen) atoms. The van der Waals surface area contributed by atoms with Gasteiger partial charge in [0, 0.05) is 22.5 Å². The third-order valence-corrected chi connectivity index (χ3v) is 3.98. The molecule has 2 aromatic carbocycles. The second kappa shape index (κ2) is 8.49. The summed E-state index contributed by atoms with van der Waals surface area (Å²) in [5.41, 5.74) is 1.76. The number of hydrogen-bond acceptors (Lipinski definition) is 6. The maximum absolute atomic E-state index is 12.6. The van der Waals surface area contributed by atoms with E-state index in [1.54, 1.807) is 55.5 Å². The van der Waals surface area contributed by atoms with Crippen molar-refractivity contribution in [2.75, 3.05) is 17.7 Å². The van der Waals surface area contributed by atoms with Gasteiger partial charge in [0.1, 0.15) is 17.3 Å². The fourth-order valence-corrected chi connectivity index (χ4v) is 2.59. The summed E-state index contributed by atoms with van der Waals surface area (Å²) in [5.74, 6) is 0.00538. The number of amides is 1. The Morgan fingerprint density at radius 3 is 2.46 bits per heavy atom.